The lowest BCUT2D eigenvalue weighted by atomic mass is 9.99. The zero-order valence-corrected chi connectivity index (χ0v) is 19.4. The molecule has 0 bridgehead atoms. The second kappa shape index (κ2) is 8.45. The molecule has 3 heterocycles. The van der Waals surface area contributed by atoms with Crippen LogP contribution in [-0.4, -0.2) is 57.4 Å². The van der Waals surface area contributed by atoms with Crippen molar-refractivity contribution in [2.24, 2.45) is 0 Å². The second-order valence-corrected chi connectivity index (χ2v) is 12.0. The van der Waals surface area contributed by atoms with Gasteiger partial charge in [-0.05, 0) is 55.5 Å². The number of rotatable bonds is 6. The predicted molar refractivity (Wildman–Crippen MR) is 120 cm³/mol. The Balaban J connectivity index is 1.60. The van der Waals surface area contributed by atoms with Crippen LogP contribution in [0.1, 0.15) is 35.2 Å². The topological polar surface area (TPSA) is 114 Å². The smallest absolute Gasteiger partial charge is 0.251 e. The van der Waals surface area contributed by atoms with Crippen molar-refractivity contribution in [3.63, 3.8) is 0 Å². The fourth-order valence-corrected chi connectivity index (χ4v) is 6.72. The highest BCUT2D eigenvalue weighted by atomic mass is 32.2. The average Bonchev–Trinajstić information content (AvgIpc) is 3.29. The summed E-state index contributed by atoms with van der Waals surface area (Å²) in [5.74, 6) is -0.359. The molecule has 11 heteroatoms. The number of aromatic nitrogens is 1. The van der Waals surface area contributed by atoms with E-state index >= 15 is 0 Å². The third kappa shape index (κ3) is 4.37. The summed E-state index contributed by atoms with van der Waals surface area (Å²) in [5.41, 5.74) is 1.19. The number of Topliss-reactive ketones (excluding diaryl/α,β-unsaturated/α-hetero) is 1. The molecule has 2 aliphatic rings. The summed E-state index contributed by atoms with van der Waals surface area (Å²) in [6.45, 7) is 0.976. The van der Waals surface area contributed by atoms with Gasteiger partial charge in [-0.1, -0.05) is 0 Å². The maximum absolute atomic E-state index is 12.9. The molecule has 1 aromatic heterocycles. The Morgan fingerprint density at radius 3 is 2.38 bits per heavy atom. The molecule has 4 rings (SSSR count). The van der Waals surface area contributed by atoms with Crippen LogP contribution in [-0.2, 0) is 33.0 Å². The largest absolute Gasteiger partial charge is 0.306 e. The van der Waals surface area contributed by atoms with Gasteiger partial charge in [-0.2, -0.15) is 4.31 Å². The number of hydrogen-bond acceptors (Lipinski definition) is 6. The molecule has 0 amide bonds. The minimum atomic E-state index is -3.71. The van der Waals surface area contributed by atoms with Crippen molar-refractivity contribution in [1.82, 2.24) is 8.87 Å². The molecule has 0 aliphatic carbocycles. The standard InChI is InChI=1S/C21H25N3O6S2/c1-31(27,28)24-12-4-5-16-13-17(6-8-19(16)24)20(25)15-22-14-18(7-9-21(22)26)32(29,30)23-10-2-3-11-23/h6-9,13-14H,2-5,10-12,15H2,1H3. The number of sulfonamides is 2. The van der Waals surface area contributed by atoms with Crippen LogP contribution in [0.25, 0.3) is 0 Å². The van der Waals surface area contributed by atoms with Gasteiger partial charge < -0.3 is 4.57 Å². The van der Waals surface area contributed by atoms with Gasteiger partial charge in [0.2, 0.25) is 20.0 Å². The number of ketones is 1. The van der Waals surface area contributed by atoms with Crippen LogP contribution >= 0.6 is 0 Å². The number of benzene rings is 1. The third-order valence-electron chi connectivity index (χ3n) is 5.85. The average molecular weight is 480 g/mol. The lowest BCUT2D eigenvalue weighted by Gasteiger charge is -2.29. The summed E-state index contributed by atoms with van der Waals surface area (Å²) in [7, 11) is -7.12. The maximum atomic E-state index is 12.9. The van der Waals surface area contributed by atoms with E-state index in [4.69, 9.17) is 0 Å². The molecule has 0 saturated carbocycles. The highest BCUT2D eigenvalue weighted by Gasteiger charge is 2.28. The first-order valence-corrected chi connectivity index (χ1v) is 13.7. The molecule has 0 radical (unpaired) electrons. The first-order chi connectivity index (χ1) is 15.1. The Morgan fingerprint density at radius 2 is 1.69 bits per heavy atom. The van der Waals surface area contributed by atoms with Crippen molar-refractivity contribution < 1.29 is 21.6 Å². The summed E-state index contributed by atoms with van der Waals surface area (Å²) in [6, 6.07) is 7.24. The SMILES string of the molecule is CS(=O)(=O)N1CCCc2cc(C(=O)Cn3cc(S(=O)(=O)N4CCCC4)ccc3=O)ccc21. The molecule has 0 atom stereocenters. The maximum Gasteiger partial charge on any atom is 0.251 e. The second-order valence-electron chi connectivity index (χ2n) is 8.15. The Hall–Kier alpha value is -2.50. The van der Waals surface area contributed by atoms with Gasteiger partial charge in [0.1, 0.15) is 0 Å². The lowest BCUT2D eigenvalue weighted by Crippen LogP contribution is -2.34. The highest BCUT2D eigenvalue weighted by Crippen LogP contribution is 2.30. The minimum Gasteiger partial charge on any atom is -0.306 e. The van der Waals surface area contributed by atoms with Crippen molar-refractivity contribution in [2.75, 3.05) is 30.2 Å². The Kier molecular flexibility index (Phi) is 5.99. The number of nitrogens with zero attached hydrogens (tertiary/aromatic N) is 3. The van der Waals surface area contributed by atoms with Gasteiger partial charge in [0.25, 0.3) is 5.56 Å². The van der Waals surface area contributed by atoms with Crippen LogP contribution in [0, 0.1) is 0 Å². The van der Waals surface area contributed by atoms with Crippen LogP contribution in [0.3, 0.4) is 0 Å². The normalized spacial score (nSPS) is 17.3. The van der Waals surface area contributed by atoms with Gasteiger partial charge >= 0.3 is 0 Å². The minimum absolute atomic E-state index is 0.0129. The quantitative estimate of drug-likeness (QED) is 0.576. The molecular formula is C21H25N3O6S2. The molecular weight excluding hydrogens is 454 g/mol. The lowest BCUT2D eigenvalue weighted by molar-refractivity contribution is 0.0970. The van der Waals surface area contributed by atoms with E-state index in [9.17, 15) is 26.4 Å². The summed E-state index contributed by atoms with van der Waals surface area (Å²) < 4.78 is 53.5. The van der Waals surface area contributed by atoms with Gasteiger partial charge in [0, 0.05) is 37.5 Å². The van der Waals surface area contributed by atoms with Crippen LogP contribution in [0.15, 0.2) is 46.2 Å². The monoisotopic (exact) mass is 479 g/mol. The van der Waals surface area contributed by atoms with Gasteiger partial charge in [-0.3, -0.25) is 13.9 Å². The molecule has 1 aromatic carbocycles. The number of aryl methyl sites for hydroxylation is 1. The van der Waals surface area contributed by atoms with E-state index in [1.807, 2.05) is 0 Å². The van der Waals surface area contributed by atoms with Crippen LogP contribution in [0.4, 0.5) is 5.69 Å². The van der Waals surface area contributed by atoms with E-state index in [-0.39, 0.29) is 17.2 Å². The molecule has 1 saturated heterocycles. The van der Waals surface area contributed by atoms with E-state index < -0.39 is 25.6 Å². The molecule has 172 valence electrons. The van der Waals surface area contributed by atoms with Gasteiger partial charge in [-0.25, -0.2) is 16.8 Å². The fourth-order valence-electron chi connectivity index (χ4n) is 4.19. The van der Waals surface area contributed by atoms with Crippen molar-refractivity contribution >= 4 is 31.5 Å². The number of carbonyl (C=O) groups excluding carboxylic acids is 1. The molecule has 9 nitrogen and oxygen atoms in total. The molecule has 2 aromatic rings. The molecule has 1 fully saturated rings. The summed E-state index contributed by atoms with van der Waals surface area (Å²) in [5, 5.41) is 0. The first kappa shape index (κ1) is 22.7. The molecule has 0 unspecified atom stereocenters. The van der Waals surface area contributed by atoms with E-state index in [1.54, 1.807) is 18.2 Å². The van der Waals surface area contributed by atoms with Gasteiger partial charge in [0.15, 0.2) is 5.78 Å². The van der Waals surface area contributed by atoms with Gasteiger partial charge in [-0.15, -0.1) is 0 Å². The van der Waals surface area contributed by atoms with Crippen molar-refractivity contribution in [3.8, 4) is 0 Å². The zero-order chi connectivity index (χ0) is 23.1. The van der Waals surface area contributed by atoms with Crippen LogP contribution in [0.2, 0.25) is 0 Å². The third-order valence-corrected chi connectivity index (χ3v) is 8.91. The number of carbonyl (C=O) groups is 1. The van der Waals surface area contributed by atoms with Crippen molar-refractivity contribution in [1.29, 1.82) is 0 Å². The Bertz CT molecular complexity index is 1330. The number of hydrogen-bond donors (Lipinski definition) is 0. The van der Waals surface area contributed by atoms with E-state index in [0.717, 1.165) is 35.3 Å². The highest BCUT2D eigenvalue weighted by molar-refractivity contribution is 7.92. The molecule has 0 spiro atoms. The van der Waals surface area contributed by atoms with Crippen LogP contribution in [0.5, 0.6) is 0 Å². The Labute approximate surface area is 187 Å². The summed E-state index contributed by atoms with van der Waals surface area (Å²) >= 11 is 0. The number of anilines is 1. The fraction of sp³-hybridized carbons (Fsp3) is 0.429. The summed E-state index contributed by atoms with van der Waals surface area (Å²) in [6.07, 6.45) is 5.26. The van der Waals surface area contributed by atoms with Crippen molar-refractivity contribution in [2.45, 2.75) is 37.1 Å². The van der Waals surface area contributed by atoms with E-state index in [2.05, 4.69) is 0 Å². The van der Waals surface area contributed by atoms with Crippen molar-refractivity contribution in [3.05, 3.63) is 58.0 Å². The van der Waals surface area contributed by atoms with E-state index in [1.165, 1.54) is 20.9 Å². The number of fused-ring (bicyclic) bond motifs is 1. The Morgan fingerprint density at radius 1 is 0.969 bits per heavy atom. The first-order valence-electron chi connectivity index (χ1n) is 10.4. The molecule has 32 heavy (non-hydrogen) atoms. The van der Waals surface area contributed by atoms with E-state index in [0.29, 0.717) is 43.7 Å². The zero-order valence-electron chi connectivity index (χ0n) is 17.7. The molecule has 0 N–H and O–H groups in total. The predicted octanol–water partition coefficient (Wildman–Crippen LogP) is 1.23. The summed E-state index contributed by atoms with van der Waals surface area (Å²) in [4.78, 5) is 25.2. The molecule has 2 aliphatic heterocycles. The van der Waals surface area contributed by atoms with Gasteiger partial charge in [0.05, 0.1) is 23.4 Å². The van der Waals surface area contributed by atoms with Crippen LogP contribution < -0.4 is 9.86 Å². The number of pyridine rings is 1.